The summed E-state index contributed by atoms with van der Waals surface area (Å²) >= 11 is 6.93. The average molecular weight is 406 g/mol. The number of anilines is 1. The van der Waals surface area contributed by atoms with Crippen LogP contribution in [-0.4, -0.2) is 37.1 Å². The first-order chi connectivity index (χ1) is 9.61. The molecule has 1 amide bonds. The van der Waals surface area contributed by atoms with Gasteiger partial charge in [-0.1, -0.05) is 0 Å². The number of rotatable bonds is 4. The SMILES string of the molecule is NCCNC(=O)C1CCCN(c2ncc(Br)cc2Br)C1. The lowest BCUT2D eigenvalue weighted by Crippen LogP contribution is -2.44. The average Bonchev–Trinajstić information content (AvgIpc) is 2.45. The van der Waals surface area contributed by atoms with E-state index in [1.54, 1.807) is 6.20 Å². The Balaban J connectivity index is 2.04. The molecule has 0 bridgehead atoms. The van der Waals surface area contributed by atoms with Crippen LogP contribution in [0.15, 0.2) is 21.2 Å². The van der Waals surface area contributed by atoms with E-state index in [1.807, 2.05) is 6.07 Å². The minimum absolute atomic E-state index is 0.00708. The molecule has 2 heterocycles. The van der Waals surface area contributed by atoms with Crippen molar-refractivity contribution in [1.29, 1.82) is 0 Å². The number of nitrogens with zero attached hydrogens (tertiary/aromatic N) is 2. The maximum Gasteiger partial charge on any atom is 0.224 e. The summed E-state index contributed by atoms with van der Waals surface area (Å²) in [6, 6.07) is 1.97. The molecule has 0 aliphatic carbocycles. The highest BCUT2D eigenvalue weighted by atomic mass is 79.9. The molecule has 1 saturated heterocycles. The van der Waals surface area contributed by atoms with Crippen molar-refractivity contribution in [3.63, 3.8) is 0 Å². The predicted octanol–water partition coefficient (Wildman–Crippen LogP) is 1.90. The van der Waals surface area contributed by atoms with E-state index in [2.05, 4.69) is 47.1 Å². The summed E-state index contributed by atoms with van der Waals surface area (Å²) in [5, 5.41) is 2.87. The number of amides is 1. The Morgan fingerprint density at radius 2 is 2.35 bits per heavy atom. The van der Waals surface area contributed by atoms with Gasteiger partial charge < -0.3 is 16.0 Å². The molecule has 1 fully saturated rings. The number of aromatic nitrogens is 1. The fourth-order valence-electron chi connectivity index (χ4n) is 2.36. The Kier molecular flexibility index (Phi) is 5.80. The van der Waals surface area contributed by atoms with E-state index in [4.69, 9.17) is 5.73 Å². The lowest BCUT2D eigenvalue weighted by Gasteiger charge is -2.33. The zero-order valence-corrected chi connectivity index (χ0v) is 14.3. The van der Waals surface area contributed by atoms with Gasteiger partial charge in [0.05, 0.1) is 10.4 Å². The maximum absolute atomic E-state index is 12.0. The monoisotopic (exact) mass is 404 g/mol. The van der Waals surface area contributed by atoms with Crippen LogP contribution >= 0.6 is 31.9 Å². The highest BCUT2D eigenvalue weighted by Crippen LogP contribution is 2.30. The summed E-state index contributed by atoms with van der Waals surface area (Å²) < 4.78 is 1.87. The van der Waals surface area contributed by atoms with Gasteiger partial charge in [-0.3, -0.25) is 4.79 Å². The van der Waals surface area contributed by atoms with E-state index in [0.717, 1.165) is 34.1 Å². The summed E-state index contributed by atoms with van der Waals surface area (Å²) in [7, 11) is 0. The lowest BCUT2D eigenvalue weighted by molar-refractivity contribution is -0.125. The molecule has 1 aliphatic rings. The van der Waals surface area contributed by atoms with Crippen LogP contribution < -0.4 is 16.0 Å². The van der Waals surface area contributed by atoms with Gasteiger partial charge in [0.2, 0.25) is 5.91 Å². The first-order valence-electron chi connectivity index (χ1n) is 6.65. The fraction of sp³-hybridized carbons (Fsp3) is 0.538. The number of carbonyl (C=O) groups is 1. The van der Waals surface area contributed by atoms with Gasteiger partial charge >= 0.3 is 0 Å². The summed E-state index contributed by atoms with van der Waals surface area (Å²) in [4.78, 5) is 18.6. The minimum Gasteiger partial charge on any atom is -0.355 e. The third-order valence-electron chi connectivity index (χ3n) is 3.32. The number of carbonyl (C=O) groups excluding carboxylic acids is 1. The number of piperidine rings is 1. The fourth-order valence-corrected chi connectivity index (χ4v) is 3.60. The molecular formula is C13H18Br2N4O. The summed E-state index contributed by atoms with van der Waals surface area (Å²) in [5.74, 6) is 0.991. The van der Waals surface area contributed by atoms with E-state index in [-0.39, 0.29) is 11.8 Å². The smallest absolute Gasteiger partial charge is 0.224 e. The van der Waals surface area contributed by atoms with Crippen LogP contribution in [0.4, 0.5) is 5.82 Å². The number of halogens is 2. The van der Waals surface area contributed by atoms with Crippen molar-refractivity contribution in [3.05, 3.63) is 21.2 Å². The molecule has 5 nitrogen and oxygen atoms in total. The van der Waals surface area contributed by atoms with Gasteiger partial charge in [0.25, 0.3) is 0 Å². The summed E-state index contributed by atoms with van der Waals surface area (Å²) in [6.07, 6.45) is 3.68. The molecule has 0 spiro atoms. The number of hydrogen-bond acceptors (Lipinski definition) is 4. The van der Waals surface area contributed by atoms with Gasteiger partial charge in [-0.05, 0) is 50.8 Å². The molecule has 1 unspecified atom stereocenters. The van der Waals surface area contributed by atoms with E-state index in [9.17, 15) is 4.79 Å². The third kappa shape index (κ3) is 3.93. The van der Waals surface area contributed by atoms with Crippen molar-refractivity contribution in [1.82, 2.24) is 10.3 Å². The predicted molar refractivity (Wildman–Crippen MR) is 86.6 cm³/mol. The first kappa shape index (κ1) is 15.7. The van der Waals surface area contributed by atoms with Crippen molar-refractivity contribution < 1.29 is 4.79 Å². The van der Waals surface area contributed by atoms with E-state index in [1.165, 1.54) is 0 Å². The van der Waals surface area contributed by atoms with Gasteiger partial charge in [0.15, 0.2) is 0 Å². The Morgan fingerprint density at radius 1 is 1.55 bits per heavy atom. The Bertz CT molecular complexity index is 483. The highest BCUT2D eigenvalue weighted by Gasteiger charge is 2.27. The van der Waals surface area contributed by atoms with E-state index < -0.39 is 0 Å². The van der Waals surface area contributed by atoms with Crippen LogP contribution in [0.3, 0.4) is 0 Å². The van der Waals surface area contributed by atoms with Crippen LogP contribution in [0.2, 0.25) is 0 Å². The topological polar surface area (TPSA) is 71.2 Å². The summed E-state index contributed by atoms with van der Waals surface area (Å²) in [6.45, 7) is 2.63. The number of hydrogen-bond donors (Lipinski definition) is 2. The van der Waals surface area contributed by atoms with Gasteiger partial charge in [-0.25, -0.2) is 4.98 Å². The Labute approximate surface area is 135 Å². The minimum atomic E-state index is 0.00708. The van der Waals surface area contributed by atoms with Crippen LogP contribution in [0.5, 0.6) is 0 Å². The number of nitrogens with two attached hydrogens (primary N) is 1. The molecule has 1 aliphatic heterocycles. The zero-order chi connectivity index (χ0) is 14.5. The number of nitrogens with one attached hydrogen (secondary N) is 1. The zero-order valence-electron chi connectivity index (χ0n) is 11.1. The van der Waals surface area contributed by atoms with Gasteiger partial charge in [0, 0.05) is 36.8 Å². The molecule has 0 saturated carbocycles. The van der Waals surface area contributed by atoms with Crippen LogP contribution in [0.25, 0.3) is 0 Å². The molecule has 2 rings (SSSR count). The third-order valence-corrected chi connectivity index (χ3v) is 4.34. The second-order valence-corrected chi connectivity index (χ2v) is 6.59. The number of pyridine rings is 1. The van der Waals surface area contributed by atoms with Crippen molar-refractivity contribution in [2.45, 2.75) is 12.8 Å². The van der Waals surface area contributed by atoms with Crippen LogP contribution in [0.1, 0.15) is 12.8 Å². The lowest BCUT2D eigenvalue weighted by atomic mass is 9.97. The van der Waals surface area contributed by atoms with Crippen molar-refractivity contribution >= 4 is 43.6 Å². The first-order valence-corrected chi connectivity index (χ1v) is 8.24. The second-order valence-electron chi connectivity index (χ2n) is 4.82. The Morgan fingerprint density at radius 3 is 3.05 bits per heavy atom. The molecule has 0 radical (unpaired) electrons. The van der Waals surface area contributed by atoms with Crippen molar-refractivity contribution in [2.75, 3.05) is 31.1 Å². The maximum atomic E-state index is 12.0. The van der Waals surface area contributed by atoms with Crippen molar-refractivity contribution in [2.24, 2.45) is 11.7 Å². The Hall–Kier alpha value is -0.660. The molecule has 1 atom stereocenters. The van der Waals surface area contributed by atoms with Gasteiger partial charge in [0.1, 0.15) is 5.82 Å². The second kappa shape index (κ2) is 7.38. The molecule has 7 heteroatoms. The molecule has 20 heavy (non-hydrogen) atoms. The van der Waals surface area contributed by atoms with E-state index >= 15 is 0 Å². The van der Waals surface area contributed by atoms with Gasteiger partial charge in [-0.2, -0.15) is 0 Å². The van der Waals surface area contributed by atoms with Crippen LogP contribution in [0, 0.1) is 5.92 Å². The molecular weight excluding hydrogens is 388 g/mol. The quantitative estimate of drug-likeness (QED) is 0.802. The molecule has 110 valence electrons. The largest absolute Gasteiger partial charge is 0.355 e. The molecule has 0 aromatic carbocycles. The molecule has 1 aromatic rings. The van der Waals surface area contributed by atoms with Crippen molar-refractivity contribution in [3.8, 4) is 0 Å². The molecule has 1 aromatic heterocycles. The normalized spacial score (nSPS) is 18.9. The molecule has 3 N–H and O–H groups in total. The van der Waals surface area contributed by atoms with E-state index in [0.29, 0.717) is 19.6 Å². The highest BCUT2D eigenvalue weighted by molar-refractivity contribution is 9.11. The summed E-state index contributed by atoms with van der Waals surface area (Å²) in [5.41, 5.74) is 5.41. The van der Waals surface area contributed by atoms with Gasteiger partial charge in [-0.15, -0.1) is 0 Å². The standard InChI is InChI=1S/C13H18Br2N4O/c14-10-6-11(15)12(18-7-10)19-5-1-2-9(8-19)13(20)17-4-3-16/h6-7,9H,1-5,8,16H2,(H,17,20). The van der Waals surface area contributed by atoms with Crippen LogP contribution in [-0.2, 0) is 4.79 Å².